The third-order valence-corrected chi connectivity index (χ3v) is 6.14. The molecule has 0 fully saturated rings. The summed E-state index contributed by atoms with van der Waals surface area (Å²) in [5.74, 6) is 7.82. The molecule has 0 unspecified atom stereocenters. The molecule has 0 radical (unpaired) electrons. The Kier molecular flexibility index (Phi) is 8.29. The van der Waals surface area contributed by atoms with Crippen LogP contribution in [0.1, 0.15) is 38.4 Å². The van der Waals surface area contributed by atoms with Gasteiger partial charge in [0.2, 0.25) is 0 Å². The Morgan fingerprint density at radius 3 is 2.66 bits per heavy atom. The molecule has 0 aliphatic carbocycles. The van der Waals surface area contributed by atoms with Gasteiger partial charge in [-0.2, -0.15) is 0 Å². The van der Waals surface area contributed by atoms with E-state index in [1.807, 2.05) is 64.1 Å². The lowest BCUT2D eigenvalue weighted by atomic mass is 10.0. The summed E-state index contributed by atoms with van der Waals surface area (Å²) in [7, 11) is 0. The van der Waals surface area contributed by atoms with Gasteiger partial charge in [-0.15, -0.1) is 0 Å². The Morgan fingerprint density at radius 2 is 1.92 bits per heavy atom. The lowest BCUT2D eigenvalue weighted by molar-refractivity contribution is 0.230. The molecule has 38 heavy (non-hydrogen) atoms. The first-order chi connectivity index (χ1) is 18.2. The highest BCUT2D eigenvalue weighted by molar-refractivity contribution is 6.32. The van der Waals surface area contributed by atoms with Crippen molar-refractivity contribution in [2.24, 2.45) is 0 Å². The fourth-order valence-electron chi connectivity index (χ4n) is 3.38. The molecular weight excluding hydrogens is 500 g/mol. The van der Waals surface area contributed by atoms with Gasteiger partial charge in [0.05, 0.1) is 23.3 Å². The number of aromatic nitrogens is 3. The van der Waals surface area contributed by atoms with Gasteiger partial charge >= 0.3 is 6.03 Å². The van der Waals surface area contributed by atoms with Crippen molar-refractivity contribution >= 4 is 40.0 Å². The van der Waals surface area contributed by atoms with Gasteiger partial charge in [0.1, 0.15) is 23.6 Å². The molecule has 0 saturated heterocycles. The van der Waals surface area contributed by atoms with Gasteiger partial charge in [-0.25, -0.2) is 14.8 Å². The highest BCUT2D eigenvalue weighted by atomic mass is 35.5. The number of urea groups is 1. The number of hydrogen-bond donors (Lipinski definition) is 3. The second kappa shape index (κ2) is 11.8. The predicted molar refractivity (Wildman–Crippen MR) is 151 cm³/mol. The zero-order valence-electron chi connectivity index (χ0n) is 21.7. The largest absolute Gasteiger partial charge is 0.454 e. The maximum absolute atomic E-state index is 12.0. The van der Waals surface area contributed by atoms with E-state index >= 15 is 0 Å². The average Bonchev–Trinajstić information content (AvgIpc) is 2.89. The second-order valence-corrected chi connectivity index (χ2v) is 9.72. The molecule has 2 heterocycles. The molecule has 194 valence electrons. The van der Waals surface area contributed by atoms with Crippen LogP contribution >= 0.6 is 11.6 Å². The van der Waals surface area contributed by atoms with Crippen LogP contribution in [0.3, 0.4) is 0 Å². The lowest BCUT2D eigenvalue weighted by Crippen LogP contribution is -2.48. The Hall–Kier alpha value is -4.35. The van der Waals surface area contributed by atoms with E-state index in [2.05, 4.69) is 42.7 Å². The van der Waals surface area contributed by atoms with E-state index in [1.165, 1.54) is 6.33 Å². The van der Waals surface area contributed by atoms with Crippen molar-refractivity contribution in [3.63, 3.8) is 0 Å². The maximum atomic E-state index is 12.0. The van der Waals surface area contributed by atoms with Crippen molar-refractivity contribution in [3.05, 3.63) is 77.3 Å². The number of nitrogens with one attached hydrogen (secondary N) is 3. The van der Waals surface area contributed by atoms with Crippen LogP contribution in [0.5, 0.6) is 11.5 Å². The van der Waals surface area contributed by atoms with Crippen LogP contribution < -0.4 is 20.7 Å². The molecule has 0 bridgehead atoms. The zero-order valence-corrected chi connectivity index (χ0v) is 22.5. The van der Waals surface area contributed by atoms with E-state index in [1.54, 1.807) is 18.3 Å². The summed E-state index contributed by atoms with van der Waals surface area (Å²) in [6, 6.07) is 14.6. The molecule has 4 rings (SSSR count). The Labute approximate surface area is 227 Å². The van der Waals surface area contributed by atoms with E-state index in [0.717, 1.165) is 34.3 Å². The number of carbonyl (C=O) groups excluding carboxylic acids is 1. The molecule has 8 nitrogen and oxygen atoms in total. The van der Waals surface area contributed by atoms with Crippen LogP contribution in [0.25, 0.3) is 10.9 Å². The topological polar surface area (TPSA) is 101 Å². The predicted octanol–water partition coefficient (Wildman–Crippen LogP) is 6.36. The van der Waals surface area contributed by atoms with Crippen LogP contribution in [-0.4, -0.2) is 33.1 Å². The normalized spacial score (nSPS) is 10.9. The molecule has 2 aromatic carbocycles. The number of amides is 2. The molecule has 0 saturated carbocycles. The van der Waals surface area contributed by atoms with Crippen LogP contribution in [0.15, 0.2) is 61.1 Å². The van der Waals surface area contributed by atoms with Crippen molar-refractivity contribution in [2.45, 2.75) is 39.7 Å². The van der Waals surface area contributed by atoms with Gasteiger partial charge in [-0.05, 0) is 75.7 Å². The van der Waals surface area contributed by atoms with E-state index in [-0.39, 0.29) is 18.1 Å². The van der Waals surface area contributed by atoms with Crippen molar-refractivity contribution in [2.75, 3.05) is 11.9 Å². The van der Waals surface area contributed by atoms with E-state index in [9.17, 15) is 4.79 Å². The smallest absolute Gasteiger partial charge is 0.315 e. The number of carbonyl (C=O) groups is 1. The number of pyridine rings is 1. The molecule has 0 atom stereocenters. The van der Waals surface area contributed by atoms with E-state index in [0.29, 0.717) is 22.3 Å². The first-order valence-corrected chi connectivity index (χ1v) is 12.6. The SMILES string of the molecule is CCC(C)(C)NC(=O)NCC#Cc1ccc2ncnc(Nc3ccc(Oc4ccc(C)nc4)c(Cl)c3)c2c1. The molecule has 2 aromatic heterocycles. The minimum atomic E-state index is -0.268. The average molecular weight is 529 g/mol. The Bertz CT molecular complexity index is 1510. The van der Waals surface area contributed by atoms with Crippen LogP contribution in [0, 0.1) is 18.8 Å². The first-order valence-electron chi connectivity index (χ1n) is 12.2. The fraction of sp³-hybridized carbons (Fsp3) is 0.241. The van der Waals surface area contributed by atoms with Crippen LogP contribution in [0.2, 0.25) is 5.02 Å². The number of aryl methyl sites for hydroxylation is 1. The fourth-order valence-corrected chi connectivity index (χ4v) is 3.60. The van der Waals surface area contributed by atoms with Crippen LogP contribution in [0.4, 0.5) is 16.3 Å². The zero-order chi connectivity index (χ0) is 27.1. The van der Waals surface area contributed by atoms with Crippen molar-refractivity contribution in [1.29, 1.82) is 0 Å². The van der Waals surface area contributed by atoms with Gasteiger partial charge in [-0.1, -0.05) is 30.4 Å². The minimum Gasteiger partial charge on any atom is -0.454 e. The molecule has 0 aliphatic heterocycles. The van der Waals surface area contributed by atoms with E-state index < -0.39 is 0 Å². The number of nitrogens with zero attached hydrogens (tertiary/aromatic N) is 3. The summed E-state index contributed by atoms with van der Waals surface area (Å²) >= 11 is 6.49. The summed E-state index contributed by atoms with van der Waals surface area (Å²) < 4.78 is 5.85. The summed E-state index contributed by atoms with van der Waals surface area (Å²) in [6.07, 6.45) is 3.99. The molecule has 2 amide bonds. The summed E-state index contributed by atoms with van der Waals surface area (Å²) in [5, 5.41) is 10.2. The van der Waals surface area contributed by atoms with Crippen molar-refractivity contribution < 1.29 is 9.53 Å². The number of rotatable bonds is 7. The molecule has 0 aliphatic rings. The minimum absolute atomic E-state index is 0.228. The summed E-state index contributed by atoms with van der Waals surface area (Å²) in [6.45, 7) is 8.11. The van der Waals surface area contributed by atoms with Gasteiger partial charge < -0.3 is 20.7 Å². The maximum Gasteiger partial charge on any atom is 0.315 e. The quantitative estimate of drug-likeness (QED) is 0.241. The monoisotopic (exact) mass is 528 g/mol. The van der Waals surface area contributed by atoms with Gasteiger partial charge in [0.25, 0.3) is 0 Å². The second-order valence-electron chi connectivity index (χ2n) is 9.31. The summed E-state index contributed by atoms with van der Waals surface area (Å²) in [5.41, 5.74) is 2.93. The number of anilines is 2. The molecule has 9 heteroatoms. The van der Waals surface area contributed by atoms with E-state index in [4.69, 9.17) is 16.3 Å². The number of ether oxygens (including phenoxy) is 1. The third kappa shape index (κ3) is 7.11. The van der Waals surface area contributed by atoms with Crippen molar-refractivity contribution in [3.8, 4) is 23.3 Å². The Morgan fingerprint density at radius 1 is 1.08 bits per heavy atom. The molecular formula is C29H29ClN6O2. The number of halogens is 1. The number of hydrogen-bond acceptors (Lipinski definition) is 6. The molecule has 4 aromatic rings. The Balaban J connectivity index is 1.46. The summed E-state index contributed by atoms with van der Waals surface area (Å²) in [4.78, 5) is 25.0. The van der Waals surface area contributed by atoms with Crippen LogP contribution in [-0.2, 0) is 0 Å². The molecule has 0 spiro atoms. The molecule has 3 N–H and O–H groups in total. The number of benzene rings is 2. The number of fused-ring (bicyclic) bond motifs is 1. The highest BCUT2D eigenvalue weighted by Crippen LogP contribution is 2.33. The van der Waals surface area contributed by atoms with Gasteiger partial charge in [0.15, 0.2) is 0 Å². The first kappa shape index (κ1) is 26.7. The van der Waals surface area contributed by atoms with Gasteiger partial charge in [0, 0.05) is 27.9 Å². The van der Waals surface area contributed by atoms with Crippen molar-refractivity contribution in [1.82, 2.24) is 25.6 Å². The highest BCUT2D eigenvalue weighted by Gasteiger charge is 2.16. The van der Waals surface area contributed by atoms with Gasteiger partial charge in [-0.3, -0.25) is 4.98 Å². The third-order valence-electron chi connectivity index (χ3n) is 5.85. The lowest BCUT2D eigenvalue weighted by Gasteiger charge is -2.24. The standard InChI is InChI=1S/C29H29ClN6O2/c1-5-29(3,4)36-28(37)31-14-6-7-20-9-12-25-23(15-20)27(34-18-33-25)35-21-10-13-26(24(30)16-21)38-22-11-8-19(2)32-17-22/h8-13,15-18H,5,14H2,1-4H3,(H2,31,36,37)(H,33,34,35).